The van der Waals surface area contributed by atoms with Crippen molar-refractivity contribution in [1.29, 1.82) is 5.26 Å². The van der Waals surface area contributed by atoms with Gasteiger partial charge in [-0.05, 0) is 19.3 Å². The van der Waals surface area contributed by atoms with E-state index in [1.165, 1.54) is 6.08 Å². The third-order valence-corrected chi connectivity index (χ3v) is 1.60. The van der Waals surface area contributed by atoms with E-state index in [2.05, 4.69) is 4.74 Å². The van der Waals surface area contributed by atoms with E-state index in [-0.39, 0.29) is 12.6 Å². The third-order valence-electron chi connectivity index (χ3n) is 1.60. The predicted molar refractivity (Wildman–Crippen MR) is 38.5 cm³/mol. The van der Waals surface area contributed by atoms with Crippen LogP contribution < -0.4 is 0 Å². The lowest BCUT2D eigenvalue weighted by Crippen LogP contribution is -2.05. The van der Waals surface area contributed by atoms with Gasteiger partial charge in [-0.2, -0.15) is 5.26 Å². The maximum atomic E-state index is 10.8. The van der Waals surface area contributed by atoms with Gasteiger partial charge in [-0.25, -0.2) is 4.79 Å². The van der Waals surface area contributed by atoms with Crippen LogP contribution in [0.25, 0.3) is 0 Å². The van der Waals surface area contributed by atoms with Crippen molar-refractivity contribution in [1.82, 2.24) is 0 Å². The van der Waals surface area contributed by atoms with Crippen molar-refractivity contribution in [3.05, 3.63) is 11.6 Å². The molecule has 0 aromatic carbocycles. The molecule has 0 N–H and O–H groups in total. The predicted octanol–water partition coefficient (Wildman–Crippen LogP) is 1.16. The van der Waals surface area contributed by atoms with Crippen LogP contribution in [-0.2, 0) is 9.53 Å². The highest BCUT2D eigenvalue weighted by Crippen LogP contribution is 2.24. The Bertz CT molecular complexity index is 219. The topological polar surface area (TPSA) is 50.1 Å². The Morgan fingerprint density at radius 1 is 1.73 bits per heavy atom. The van der Waals surface area contributed by atoms with Gasteiger partial charge >= 0.3 is 5.97 Å². The van der Waals surface area contributed by atoms with Crippen LogP contribution in [0.3, 0.4) is 0 Å². The van der Waals surface area contributed by atoms with Gasteiger partial charge in [0.2, 0.25) is 0 Å². The number of nitrogens with zero attached hydrogens (tertiary/aromatic N) is 1. The lowest BCUT2D eigenvalue weighted by molar-refractivity contribution is -0.136. The fourth-order valence-electron chi connectivity index (χ4n) is 0.837. The zero-order chi connectivity index (χ0) is 8.10. The minimum absolute atomic E-state index is 0.150. The molecule has 0 amide bonds. The summed E-state index contributed by atoms with van der Waals surface area (Å²) in [6, 6.07) is 1.74. The molecule has 1 saturated carbocycles. The van der Waals surface area contributed by atoms with Crippen molar-refractivity contribution < 1.29 is 9.53 Å². The first-order valence-electron chi connectivity index (χ1n) is 3.56. The smallest absolute Gasteiger partial charge is 0.331 e. The molecule has 0 aromatic rings. The summed E-state index contributed by atoms with van der Waals surface area (Å²) in [7, 11) is 0. The zero-order valence-corrected chi connectivity index (χ0v) is 6.17. The van der Waals surface area contributed by atoms with Crippen LogP contribution in [0.1, 0.15) is 19.3 Å². The first kappa shape index (κ1) is 7.80. The molecule has 11 heavy (non-hydrogen) atoms. The number of ether oxygens (including phenoxy) is 1. The molecule has 0 heterocycles. The number of carbonyl (C=O) groups is 1. The highest BCUT2D eigenvalue weighted by atomic mass is 16.5. The quantitative estimate of drug-likeness (QED) is 0.439. The number of nitriles is 1. The summed E-state index contributed by atoms with van der Waals surface area (Å²) in [6.07, 6.45) is 4.65. The Morgan fingerprint density at radius 2 is 2.45 bits per heavy atom. The fraction of sp³-hybridized carbons (Fsp3) is 0.500. The fourth-order valence-corrected chi connectivity index (χ4v) is 0.837. The van der Waals surface area contributed by atoms with Crippen LogP contribution in [0.2, 0.25) is 0 Å². The van der Waals surface area contributed by atoms with E-state index in [0.717, 1.165) is 24.8 Å². The van der Waals surface area contributed by atoms with Crippen molar-refractivity contribution in [2.75, 3.05) is 6.61 Å². The molecule has 1 rings (SSSR count). The summed E-state index contributed by atoms with van der Waals surface area (Å²) in [5.74, 6) is -0.388. The van der Waals surface area contributed by atoms with Crippen LogP contribution >= 0.6 is 0 Å². The first-order chi connectivity index (χ1) is 5.33. The van der Waals surface area contributed by atoms with E-state index in [9.17, 15) is 4.79 Å². The van der Waals surface area contributed by atoms with Gasteiger partial charge in [0.05, 0.1) is 0 Å². The van der Waals surface area contributed by atoms with Gasteiger partial charge in [0.15, 0.2) is 6.61 Å². The molecule has 3 heteroatoms. The molecule has 0 saturated heterocycles. The number of hydrogen-bond donors (Lipinski definition) is 0. The maximum Gasteiger partial charge on any atom is 0.331 e. The van der Waals surface area contributed by atoms with E-state index in [1.807, 2.05) is 0 Å². The molecule has 3 nitrogen and oxygen atoms in total. The average Bonchev–Trinajstić information content (AvgIpc) is 1.93. The molecule has 0 bridgehead atoms. The number of hydrogen-bond acceptors (Lipinski definition) is 3. The molecule has 1 aliphatic rings. The summed E-state index contributed by atoms with van der Waals surface area (Å²) in [6.45, 7) is -0.150. The normalized spacial score (nSPS) is 14.6. The molecular formula is C8H9NO2. The molecule has 0 radical (unpaired) electrons. The highest BCUT2D eigenvalue weighted by Gasteiger charge is 2.10. The Hall–Kier alpha value is -1.30. The van der Waals surface area contributed by atoms with E-state index in [1.54, 1.807) is 6.07 Å². The van der Waals surface area contributed by atoms with Gasteiger partial charge < -0.3 is 4.74 Å². The van der Waals surface area contributed by atoms with Crippen molar-refractivity contribution in [2.45, 2.75) is 19.3 Å². The number of rotatable bonds is 2. The second kappa shape index (κ2) is 3.77. The second-order valence-electron chi connectivity index (χ2n) is 2.42. The van der Waals surface area contributed by atoms with Gasteiger partial charge in [-0.1, -0.05) is 5.57 Å². The Kier molecular flexibility index (Phi) is 2.67. The van der Waals surface area contributed by atoms with Crippen molar-refractivity contribution in [3.63, 3.8) is 0 Å². The van der Waals surface area contributed by atoms with Crippen LogP contribution in [0.5, 0.6) is 0 Å². The Labute approximate surface area is 65.3 Å². The van der Waals surface area contributed by atoms with Crippen molar-refractivity contribution >= 4 is 5.97 Å². The maximum absolute atomic E-state index is 10.8. The monoisotopic (exact) mass is 151 g/mol. The zero-order valence-electron chi connectivity index (χ0n) is 6.17. The molecule has 58 valence electrons. The van der Waals surface area contributed by atoms with E-state index in [0.29, 0.717) is 0 Å². The van der Waals surface area contributed by atoms with Crippen molar-refractivity contribution in [2.24, 2.45) is 0 Å². The minimum atomic E-state index is -0.388. The Morgan fingerprint density at radius 3 is 2.91 bits per heavy atom. The van der Waals surface area contributed by atoms with Crippen LogP contribution in [0.15, 0.2) is 11.6 Å². The molecule has 0 aliphatic heterocycles. The minimum Gasteiger partial charge on any atom is -0.447 e. The molecule has 1 aliphatic carbocycles. The van der Waals surface area contributed by atoms with Crippen LogP contribution in [0.4, 0.5) is 0 Å². The summed E-state index contributed by atoms with van der Waals surface area (Å²) < 4.78 is 4.52. The molecule has 0 aromatic heterocycles. The van der Waals surface area contributed by atoms with Gasteiger partial charge in [-0.15, -0.1) is 0 Å². The van der Waals surface area contributed by atoms with E-state index < -0.39 is 0 Å². The van der Waals surface area contributed by atoms with E-state index in [4.69, 9.17) is 5.26 Å². The molecular weight excluding hydrogens is 142 g/mol. The van der Waals surface area contributed by atoms with Gasteiger partial charge in [0, 0.05) is 6.08 Å². The van der Waals surface area contributed by atoms with Gasteiger partial charge in [0.25, 0.3) is 0 Å². The standard InChI is InChI=1S/C8H9NO2/c9-4-5-11-8(10)6-7-2-1-3-7/h6H,1-3,5H2. The summed E-state index contributed by atoms with van der Waals surface area (Å²) in [5, 5.41) is 8.07. The summed E-state index contributed by atoms with van der Waals surface area (Å²) >= 11 is 0. The number of allylic oxidation sites excluding steroid dienone is 1. The molecule has 0 spiro atoms. The molecule has 1 fully saturated rings. The molecule has 0 unspecified atom stereocenters. The largest absolute Gasteiger partial charge is 0.447 e. The van der Waals surface area contributed by atoms with E-state index >= 15 is 0 Å². The molecule has 0 atom stereocenters. The lowest BCUT2D eigenvalue weighted by Gasteiger charge is -2.14. The first-order valence-corrected chi connectivity index (χ1v) is 3.56. The Balaban J connectivity index is 2.26. The van der Waals surface area contributed by atoms with Crippen LogP contribution in [-0.4, -0.2) is 12.6 Å². The van der Waals surface area contributed by atoms with Crippen LogP contribution in [0, 0.1) is 11.3 Å². The second-order valence-corrected chi connectivity index (χ2v) is 2.42. The van der Waals surface area contributed by atoms with Gasteiger partial charge in [-0.3, -0.25) is 0 Å². The van der Waals surface area contributed by atoms with Crippen molar-refractivity contribution in [3.8, 4) is 6.07 Å². The number of esters is 1. The number of carbonyl (C=O) groups excluding carboxylic acids is 1. The third kappa shape index (κ3) is 2.42. The average molecular weight is 151 g/mol. The van der Waals surface area contributed by atoms with Gasteiger partial charge in [0.1, 0.15) is 6.07 Å². The lowest BCUT2D eigenvalue weighted by atomic mass is 9.92. The summed E-state index contributed by atoms with van der Waals surface area (Å²) in [5.41, 5.74) is 1.13. The SMILES string of the molecule is N#CCOC(=O)C=C1CCC1. The highest BCUT2D eigenvalue weighted by molar-refractivity contribution is 5.83. The summed E-state index contributed by atoms with van der Waals surface area (Å²) in [4.78, 5) is 10.8.